The van der Waals surface area contributed by atoms with Gasteiger partial charge in [0.15, 0.2) is 0 Å². The van der Waals surface area contributed by atoms with Gasteiger partial charge in [0.1, 0.15) is 5.75 Å². The number of benzene rings is 2. The summed E-state index contributed by atoms with van der Waals surface area (Å²) in [5.74, 6) is -0.141. The van der Waals surface area contributed by atoms with Crippen LogP contribution in [0.5, 0.6) is 5.75 Å². The monoisotopic (exact) mass is 314 g/mol. The third-order valence-electron chi connectivity index (χ3n) is 2.14. The van der Waals surface area contributed by atoms with Crippen LogP contribution in [0.4, 0.5) is 15.3 Å². The fraction of sp³-hybridized carbons (Fsp3) is 0. The van der Waals surface area contributed by atoms with Crippen molar-refractivity contribution >= 4 is 33.5 Å². The van der Waals surface area contributed by atoms with Crippen LogP contribution in [0.1, 0.15) is 0 Å². The summed E-state index contributed by atoms with van der Waals surface area (Å²) >= 11 is 5.73. The molecule has 20 heavy (non-hydrogen) atoms. The number of rotatable bonds is 4. The first-order chi connectivity index (χ1) is 9.42. The Kier molecular flexibility index (Phi) is 4.31. The molecule has 0 radical (unpaired) electrons. The molecular weight excluding hydrogens is 307 g/mol. The third kappa shape index (κ3) is 4.60. The van der Waals surface area contributed by atoms with Crippen molar-refractivity contribution in [3.8, 4) is 5.75 Å². The number of azo groups is 1. The molecule has 0 atom stereocenters. The number of halogens is 2. The minimum absolute atomic E-state index is 0.141. The first-order valence-corrected chi connectivity index (χ1v) is 7.02. The predicted molar refractivity (Wildman–Crippen MR) is 72.7 cm³/mol. The van der Waals surface area contributed by atoms with E-state index >= 15 is 0 Å². The molecule has 2 aromatic carbocycles. The summed E-state index contributed by atoms with van der Waals surface area (Å²) in [7, 11) is -5.02. The zero-order valence-electron chi connectivity index (χ0n) is 9.90. The van der Waals surface area contributed by atoms with Crippen molar-refractivity contribution < 1.29 is 16.5 Å². The van der Waals surface area contributed by atoms with E-state index in [2.05, 4.69) is 14.4 Å². The normalized spacial score (nSPS) is 11.7. The van der Waals surface area contributed by atoms with E-state index in [0.29, 0.717) is 16.4 Å². The lowest BCUT2D eigenvalue weighted by atomic mass is 10.3. The van der Waals surface area contributed by atoms with E-state index in [-0.39, 0.29) is 5.75 Å². The predicted octanol–water partition coefficient (Wildman–Crippen LogP) is 4.35. The standard InChI is InChI=1S/C12H8ClFN2O3S/c13-9-1-3-10(4-2-9)15-16-11-5-7-12(8-6-11)19-20(14,17)18/h1-8H. The van der Waals surface area contributed by atoms with Gasteiger partial charge in [0, 0.05) is 5.02 Å². The van der Waals surface area contributed by atoms with Gasteiger partial charge < -0.3 is 4.18 Å². The largest absolute Gasteiger partial charge is 0.488 e. The molecule has 0 N–H and O–H groups in total. The highest BCUT2D eigenvalue weighted by molar-refractivity contribution is 7.81. The Hall–Kier alpha value is -1.99. The van der Waals surface area contributed by atoms with Crippen LogP contribution in [0.2, 0.25) is 5.02 Å². The van der Waals surface area contributed by atoms with Crippen molar-refractivity contribution in [2.75, 3.05) is 0 Å². The van der Waals surface area contributed by atoms with E-state index in [1.54, 1.807) is 24.3 Å². The number of hydrogen-bond donors (Lipinski definition) is 0. The molecule has 0 fully saturated rings. The second-order valence-electron chi connectivity index (χ2n) is 3.65. The fourth-order valence-corrected chi connectivity index (χ4v) is 1.77. The summed E-state index contributed by atoms with van der Waals surface area (Å²) in [6.45, 7) is 0. The van der Waals surface area contributed by atoms with Gasteiger partial charge in [-0.05, 0) is 48.5 Å². The lowest BCUT2D eigenvalue weighted by molar-refractivity contribution is 0.440. The van der Waals surface area contributed by atoms with Crippen molar-refractivity contribution in [2.24, 2.45) is 10.2 Å². The van der Waals surface area contributed by atoms with Crippen LogP contribution < -0.4 is 4.18 Å². The van der Waals surface area contributed by atoms with Crippen LogP contribution in [0.3, 0.4) is 0 Å². The highest BCUT2D eigenvalue weighted by atomic mass is 35.5. The molecule has 2 rings (SSSR count). The van der Waals surface area contributed by atoms with Gasteiger partial charge in [-0.25, -0.2) is 0 Å². The molecule has 0 aliphatic heterocycles. The maximum absolute atomic E-state index is 12.3. The Balaban J connectivity index is 2.09. The highest BCUT2D eigenvalue weighted by Crippen LogP contribution is 2.23. The fourth-order valence-electron chi connectivity index (χ4n) is 1.31. The summed E-state index contributed by atoms with van der Waals surface area (Å²) < 4.78 is 36.9. The van der Waals surface area contributed by atoms with Crippen LogP contribution in [-0.4, -0.2) is 8.42 Å². The first-order valence-electron chi connectivity index (χ1n) is 5.34. The molecule has 0 unspecified atom stereocenters. The minimum Gasteiger partial charge on any atom is -0.358 e. The van der Waals surface area contributed by atoms with E-state index in [4.69, 9.17) is 11.6 Å². The second kappa shape index (κ2) is 5.98. The van der Waals surface area contributed by atoms with Gasteiger partial charge in [0.05, 0.1) is 11.4 Å². The van der Waals surface area contributed by atoms with Gasteiger partial charge in [-0.3, -0.25) is 0 Å². The van der Waals surface area contributed by atoms with Crippen LogP contribution >= 0.6 is 11.6 Å². The lowest BCUT2D eigenvalue weighted by Crippen LogP contribution is -2.00. The van der Waals surface area contributed by atoms with Crippen molar-refractivity contribution in [3.63, 3.8) is 0 Å². The summed E-state index contributed by atoms with van der Waals surface area (Å²) in [5.41, 5.74) is 1.07. The molecule has 0 bridgehead atoms. The van der Waals surface area contributed by atoms with Gasteiger partial charge >= 0.3 is 10.5 Å². The zero-order chi connectivity index (χ0) is 14.6. The Morgan fingerprint density at radius 3 is 1.80 bits per heavy atom. The van der Waals surface area contributed by atoms with Gasteiger partial charge in [0.25, 0.3) is 0 Å². The lowest BCUT2D eigenvalue weighted by Gasteiger charge is -1.99. The molecule has 0 spiro atoms. The van der Waals surface area contributed by atoms with Gasteiger partial charge in [-0.15, -0.1) is 0 Å². The Morgan fingerprint density at radius 1 is 0.900 bits per heavy atom. The molecule has 0 saturated carbocycles. The van der Waals surface area contributed by atoms with Crippen molar-refractivity contribution in [1.29, 1.82) is 0 Å². The number of nitrogens with zero attached hydrogens (tertiary/aromatic N) is 2. The SMILES string of the molecule is O=S(=O)(F)Oc1ccc(N=Nc2ccc(Cl)cc2)cc1. The van der Waals surface area contributed by atoms with Crippen LogP contribution in [0.15, 0.2) is 58.8 Å². The van der Waals surface area contributed by atoms with E-state index < -0.39 is 10.5 Å². The highest BCUT2D eigenvalue weighted by Gasteiger charge is 2.08. The minimum atomic E-state index is -5.02. The Bertz CT molecular complexity index is 715. The van der Waals surface area contributed by atoms with Crippen LogP contribution in [0, 0.1) is 0 Å². The van der Waals surface area contributed by atoms with Gasteiger partial charge in [0.2, 0.25) is 0 Å². The molecule has 0 aliphatic carbocycles. The molecule has 0 aliphatic rings. The van der Waals surface area contributed by atoms with E-state index in [9.17, 15) is 12.3 Å². The van der Waals surface area contributed by atoms with Crippen LogP contribution in [-0.2, 0) is 10.5 Å². The molecule has 5 nitrogen and oxygen atoms in total. The maximum Gasteiger partial charge on any atom is 0.488 e. The summed E-state index contributed by atoms with van der Waals surface area (Å²) in [4.78, 5) is 0. The van der Waals surface area contributed by atoms with E-state index in [1.807, 2.05) is 0 Å². The van der Waals surface area contributed by atoms with E-state index in [1.165, 1.54) is 24.3 Å². The van der Waals surface area contributed by atoms with E-state index in [0.717, 1.165) is 0 Å². The number of hydrogen-bond acceptors (Lipinski definition) is 5. The summed E-state index contributed by atoms with van der Waals surface area (Å²) in [6, 6.07) is 12.2. The smallest absolute Gasteiger partial charge is 0.358 e. The molecule has 2 aromatic rings. The average molecular weight is 315 g/mol. The topological polar surface area (TPSA) is 68.1 Å². The van der Waals surface area contributed by atoms with Crippen LogP contribution in [0.25, 0.3) is 0 Å². The first kappa shape index (κ1) is 14.4. The molecule has 0 amide bonds. The van der Waals surface area contributed by atoms with Crippen molar-refractivity contribution in [3.05, 3.63) is 53.6 Å². The van der Waals surface area contributed by atoms with Crippen molar-refractivity contribution in [1.82, 2.24) is 0 Å². The summed E-state index contributed by atoms with van der Waals surface area (Å²) in [5, 5.41) is 8.48. The molecule has 8 heteroatoms. The van der Waals surface area contributed by atoms with Gasteiger partial charge in [-0.1, -0.05) is 15.5 Å². The van der Waals surface area contributed by atoms with Gasteiger partial charge in [-0.2, -0.15) is 18.6 Å². The van der Waals surface area contributed by atoms with Crippen molar-refractivity contribution in [2.45, 2.75) is 0 Å². The molecule has 0 heterocycles. The Labute approximate surface area is 120 Å². The second-order valence-corrected chi connectivity index (χ2v) is 5.04. The average Bonchev–Trinajstić information content (AvgIpc) is 2.38. The molecular formula is C12H8ClFN2O3S. The summed E-state index contributed by atoms with van der Waals surface area (Å²) in [6.07, 6.45) is 0. The maximum atomic E-state index is 12.3. The molecule has 104 valence electrons. The third-order valence-corrected chi connectivity index (χ3v) is 2.78. The zero-order valence-corrected chi connectivity index (χ0v) is 11.5. The quantitative estimate of drug-likeness (QED) is 0.622. The Morgan fingerprint density at radius 2 is 1.35 bits per heavy atom. The molecule has 0 aromatic heterocycles. The molecule has 0 saturated heterocycles.